The summed E-state index contributed by atoms with van der Waals surface area (Å²) in [4.78, 5) is 28.7. The Morgan fingerprint density at radius 3 is 2.38 bits per heavy atom. The van der Waals surface area contributed by atoms with Crippen molar-refractivity contribution < 1.29 is 19.1 Å². The zero-order chi connectivity index (χ0) is 18.7. The van der Waals surface area contributed by atoms with Crippen molar-refractivity contribution in [3.8, 4) is 0 Å². The molecule has 4 rings (SSSR count). The second-order valence-electron chi connectivity index (χ2n) is 8.04. The number of fused-ring (bicyclic) bond motifs is 4. The topological polar surface area (TPSA) is 59.1 Å². The molecule has 0 spiro atoms. The fourth-order valence-corrected chi connectivity index (χ4v) is 3.62. The van der Waals surface area contributed by atoms with E-state index in [1.54, 1.807) is 9.80 Å². The van der Waals surface area contributed by atoms with Gasteiger partial charge in [0.15, 0.2) is 0 Å². The van der Waals surface area contributed by atoms with Gasteiger partial charge in [-0.15, -0.1) is 0 Å². The lowest BCUT2D eigenvalue weighted by Crippen LogP contribution is -2.51. The molecule has 0 aliphatic carbocycles. The molecule has 6 nitrogen and oxygen atoms in total. The number of piperidine rings is 1. The lowest BCUT2D eigenvalue weighted by molar-refractivity contribution is 0.0115. The predicted octanol–water partition coefficient (Wildman–Crippen LogP) is 3.80. The maximum atomic E-state index is 12.6. The Hall–Kier alpha value is -2.24. The van der Waals surface area contributed by atoms with E-state index in [-0.39, 0.29) is 30.9 Å². The summed E-state index contributed by atoms with van der Waals surface area (Å²) in [6.07, 6.45) is 1.96. The minimum atomic E-state index is -0.518. The van der Waals surface area contributed by atoms with Crippen molar-refractivity contribution in [3.63, 3.8) is 0 Å². The van der Waals surface area contributed by atoms with Gasteiger partial charge in [0.2, 0.25) is 0 Å². The molecule has 1 aromatic rings. The van der Waals surface area contributed by atoms with Crippen molar-refractivity contribution in [1.29, 1.82) is 0 Å². The molecular formula is C20H28N2O4. The third-order valence-electron chi connectivity index (χ3n) is 4.89. The first-order chi connectivity index (χ1) is 12.3. The second-order valence-corrected chi connectivity index (χ2v) is 8.04. The number of carbonyl (C=O) groups excluding carboxylic acids is 2. The van der Waals surface area contributed by atoms with Gasteiger partial charge >= 0.3 is 12.2 Å². The Kier molecular flexibility index (Phi) is 5.39. The Morgan fingerprint density at radius 1 is 1.00 bits per heavy atom. The molecule has 0 aromatic heterocycles. The normalized spacial score (nSPS) is 22.7. The number of carbonyl (C=O) groups is 2. The first-order valence-electron chi connectivity index (χ1n) is 9.30. The Labute approximate surface area is 155 Å². The summed E-state index contributed by atoms with van der Waals surface area (Å²) in [5.41, 5.74) is 0.451. The zero-order valence-corrected chi connectivity index (χ0v) is 15.8. The highest BCUT2D eigenvalue weighted by Crippen LogP contribution is 2.30. The predicted molar refractivity (Wildman–Crippen MR) is 97.7 cm³/mol. The fraction of sp³-hybridized carbons (Fsp3) is 0.600. The summed E-state index contributed by atoms with van der Waals surface area (Å²) in [5, 5.41) is 0. The molecule has 2 bridgehead atoms. The fourth-order valence-electron chi connectivity index (χ4n) is 3.62. The highest BCUT2D eigenvalue weighted by Gasteiger charge is 2.41. The molecule has 3 aliphatic heterocycles. The molecule has 6 heteroatoms. The van der Waals surface area contributed by atoms with Gasteiger partial charge < -0.3 is 19.3 Å². The number of rotatable bonds is 2. The largest absolute Gasteiger partial charge is 0.445 e. The lowest BCUT2D eigenvalue weighted by Gasteiger charge is -2.38. The third-order valence-corrected chi connectivity index (χ3v) is 4.89. The molecule has 3 saturated heterocycles. The van der Waals surface area contributed by atoms with E-state index >= 15 is 0 Å². The van der Waals surface area contributed by atoms with E-state index in [9.17, 15) is 9.59 Å². The van der Waals surface area contributed by atoms with Crippen LogP contribution in [-0.2, 0) is 16.1 Å². The van der Waals surface area contributed by atoms with Gasteiger partial charge in [0.25, 0.3) is 0 Å². The zero-order valence-electron chi connectivity index (χ0n) is 15.8. The first kappa shape index (κ1) is 18.5. The lowest BCUT2D eigenvalue weighted by atomic mass is 9.99. The van der Waals surface area contributed by atoms with Crippen LogP contribution in [0.4, 0.5) is 9.59 Å². The SMILES string of the molecule is CC(C)(C)OC(=O)N1CC[C@H]2CC[C@@H]1CN2C(=O)OCc1ccccc1. The Morgan fingerprint density at radius 2 is 1.69 bits per heavy atom. The quantitative estimate of drug-likeness (QED) is 0.805. The maximum absolute atomic E-state index is 12.6. The van der Waals surface area contributed by atoms with E-state index in [4.69, 9.17) is 9.47 Å². The standard InChI is InChI=1S/C20H28N2O4/c1-20(2,3)26-19(24)21-12-11-16-9-10-17(21)13-22(16)18(23)25-14-15-7-5-4-6-8-15/h4-8,16-17H,9-14H2,1-3H3/t16-,17-/m1/s1. The molecule has 26 heavy (non-hydrogen) atoms. The van der Waals surface area contributed by atoms with Gasteiger partial charge in [-0.1, -0.05) is 30.3 Å². The first-order valence-corrected chi connectivity index (χ1v) is 9.30. The van der Waals surface area contributed by atoms with Crippen molar-refractivity contribution in [2.45, 2.75) is 64.3 Å². The highest BCUT2D eigenvalue weighted by atomic mass is 16.6. The van der Waals surface area contributed by atoms with Gasteiger partial charge in [-0.2, -0.15) is 0 Å². The van der Waals surface area contributed by atoms with Gasteiger partial charge in [0.05, 0.1) is 6.04 Å². The number of amides is 2. The molecule has 0 N–H and O–H groups in total. The second kappa shape index (κ2) is 7.56. The minimum absolute atomic E-state index is 0.00660. The molecule has 2 amide bonds. The summed E-state index contributed by atoms with van der Waals surface area (Å²) in [7, 11) is 0. The molecule has 0 radical (unpaired) electrons. The van der Waals surface area contributed by atoms with Crippen LogP contribution in [0.3, 0.4) is 0 Å². The average molecular weight is 360 g/mol. The van der Waals surface area contributed by atoms with Crippen LogP contribution in [0.2, 0.25) is 0 Å². The smallest absolute Gasteiger partial charge is 0.410 e. The van der Waals surface area contributed by atoms with Crippen molar-refractivity contribution >= 4 is 12.2 Å². The number of hydrogen-bond donors (Lipinski definition) is 0. The molecule has 3 aliphatic rings. The Bertz CT molecular complexity index is 641. The molecule has 2 atom stereocenters. The maximum Gasteiger partial charge on any atom is 0.410 e. The molecular weight excluding hydrogens is 332 g/mol. The van der Waals surface area contributed by atoms with E-state index in [2.05, 4.69) is 0 Å². The number of ether oxygens (including phenoxy) is 2. The van der Waals surface area contributed by atoms with Crippen molar-refractivity contribution in [2.75, 3.05) is 13.1 Å². The summed E-state index contributed by atoms with van der Waals surface area (Å²) < 4.78 is 11.0. The van der Waals surface area contributed by atoms with Gasteiger partial charge in [-0.05, 0) is 45.6 Å². The van der Waals surface area contributed by atoms with E-state index in [0.29, 0.717) is 13.1 Å². The monoisotopic (exact) mass is 360 g/mol. The van der Waals surface area contributed by atoms with E-state index in [0.717, 1.165) is 24.8 Å². The molecule has 3 heterocycles. The number of nitrogens with zero attached hydrogens (tertiary/aromatic N) is 2. The van der Waals surface area contributed by atoms with Crippen molar-refractivity contribution in [2.24, 2.45) is 0 Å². The van der Waals surface area contributed by atoms with Crippen LogP contribution < -0.4 is 0 Å². The average Bonchev–Trinajstić information content (AvgIpc) is 2.91. The minimum Gasteiger partial charge on any atom is -0.445 e. The molecule has 0 unspecified atom stereocenters. The van der Waals surface area contributed by atoms with E-state index in [1.807, 2.05) is 51.1 Å². The van der Waals surface area contributed by atoms with Crippen LogP contribution >= 0.6 is 0 Å². The van der Waals surface area contributed by atoms with Gasteiger partial charge in [-0.3, -0.25) is 0 Å². The third kappa shape index (κ3) is 4.48. The summed E-state index contributed by atoms with van der Waals surface area (Å²) in [5.74, 6) is 0. The molecule has 3 fully saturated rings. The van der Waals surface area contributed by atoms with Crippen LogP contribution in [0.15, 0.2) is 30.3 Å². The Balaban J connectivity index is 1.61. The van der Waals surface area contributed by atoms with E-state index < -0.39 is 5.60 Å². The van der Waals surface area contributed by atoms with Gasteiger partial charge in [-0.25, -0.2) is 9.59 Å². The molecule has 0 saturated carbocycles. The van der Waals surface area contributed by atoms with Crippen LogP contribution in [0.1, 0.15) is 45.6 Å². The summed E-state index contributed by atoms with van der Waals surface area (Å²) in [6.45, 7) is 7.00. The van der Waals surface area contributed by atoms with E-state index in [1.165, 1.54) is 0 Å². The van der Waals surface area contributed by atoms with Crippen LogP contribution in [0.5, 0.6) is 0 Å². The van der Waals surface area contributed by atoms with Crippen molar-refractivity contribution in [1.82, 2.24) is 9.80 Å². The highest BCUT2D eigenvalue weighted by molar-refractivity contribution is 5.71. The van der Waals surface area contributed by atoms with Gasteiger partial charge in [0.1, 0.15) is 12.2 Å². The van der Waals surface area contributed by atoms with Crippen LogP contribution in [-0.4, -0.2) is 52.8 Å². The number of benzene rings is 1. The van der Waals surface area contributed by atoms with Crippen LogP contribution in [0, 0.1) is 0 Å². The number of hydrogen-bond acceptors (Lipinski definition) is 4. The summed E-state index contributed by atoms with van der Waals surface area (Å²) >= 11 is 0. The van der Waals surface area contributed by atoms with Crippen LogP contribution in [0.25, 0.3) is 0 Å². The molecule has 1 aromatic carbocycles. The summed E-state index contributed by atoms with van der Waals surface area (Å²) in [6, 6.07) is 9.78. The molecule has 142 valence electrons. The van der Waals surface area contributed by atoms with Crippen molar-refractivity contribution in [3.05, 3.63) is 35.9 Å². The van der Waals surface area contributed by atoms with Gasteiger partial charge in [0, 0.05) is 19.1 Å².